The zero-order valence-electron chi connectivity index (χ0n) is 20.4. The molecular weight excluding hydrogens is 493 g/mol. The smallest absolute Gasteiger partial charge is 0.323 e. The molecular formula is C27H26FN5O3S. The van der Waals surface area contributed by atoms with Gasteiger partial charge in [0.15, 0.2) is 11.6 Å². The molecule has 5 rings (SSSR count). The topological polar surface area (TPSA) is 97.4 Å². The number of nitrogens with one attached hydrogen (secondary N) is 3. The lowest BCUT2D eigenvalue weighted by molar-refractivity contribution is 0.171. The van der Waals surface area contributed by atoms with E-state index in [-0.39, 0.29) is 11.8 Å². The normalized spacial score (nSPS) is 13.2. The van der Waals surface area contributed by atoms with Gasteiger partial charge in [0.25, 0.3) is 0 Å². The highest BCUT2D eigenvalue weighted by atomic mass is 32.1. The van der Waals surface area contributed by atoms with Crippen molar-refractivity contribution in [2.45, 2.75) is 25.9 Å². The first-order chi connectivity index (χ1) is 18.0. The molecule has 3 N–H and O–H groups in total. The Bertz CT molecular complexity index is 1450. The number of allylic oxidation sites excluding steroid dienone is 2. The molecule has 0 fully saturated rings. The van der Waals surface area contributed by atoms with E-state index in [1.165, 1.54) is 23.5 Å². The van der Waals surface area contributed by atoms with Gasteiger partial charge in [-0.1, -0.05) is 12.1 Å². The van der Waals surface area contributed by atoms with Crippen LogP contribution in [0.2, 0.25) is 0 Å². The van der Waals surface area contributed by atoms with E-state index in [9.17, 15) is 9.18 Å². The molecule has 0 saturated heterocycles. The minimum atomic E-state index is -0.587. The summed E-state index contributed by atoms with van der Waals surface area (Å²) in [6, 6.07) is 11.8. The van der Waals surface area contributed by atoms with Crippen LogP contribution in [0.15, 0.2) is 66.6 Å². The summed E-state index contributed by atoms with van der Waals surface area (Å²) < 4.78 is 26.6. The van der Waals surface area contributed by atoms with Crippen LogP contribution in [0.3, 0.4) is 0 Å². The molecule has 1 atom stereocenters. The van der Waals surface area contributed by atoms with E-state index in [4.69, 9.17) is 9.47 Å². The molecule has 0 bridgehead atoms. The van der Waals surface area contributed by atoms with Crippen molar-refractivity contribution in [2.24, 2.45) is 0 Å². The number of ether oxygens (including phenoxy) is 2. The van der Waals surface area contributed by atoms with Gasteiger partial charge in [-0.15, -0.1) is 11.3 Å². The number of carbonyl (C=O) groups excluding carboxylic acids is 1. The van der Waals surface area contributed by atoms with E-state index in [0.29, 0.717) is 24.6 Å². The molecule has 1 aliphatic rings. The molecule has 10 heteroatoms. The molecule has 0 spiro atoms. The molecule has 2 amide bonds. The summed E-state index contributed by atoms with van der Waals surface area (Å²) in [5.41, 5.74) is 3.82. The SMILES string of the molecule is COCC(C)NCc1ccc(-c2cc3nccc(Oc4ccc(NC(=O)NC5=CC5)cc4F)c3s2)nc1. The fourth-order valence-electron chi connectivity index (χ4n) is 3.64. The molecule has 37 heavy (non-hydrogen) atoms. The summed E-state index contributed by atoms with van der Waals surface area (Å²) in [5.74, 6) is -0.0425. The third kappa shape index (κ3) is 6.29. The highest BCUT2D eigenvalue weighted by molar-refractivity contribution is 7.22. The average molecular weight is 520 g/mol. The Labute approximate surface area is 217 Å². The van der Waals surface area contributed by atoms with Crippen LogP contribution in [0.25, 0.3) is 20.8 Å². The van der Waals surface area contributed by atoms with Crippen LogP contribution in [0.4, 0.5) is 14.9 Å². The van der Waals surface area contributed by atoms with E-state index in [1.807, 2.05) is 30.5 Å². The molecule has 0 radical (unpaired) electrons. The second-order valence-corrected chi connectivity index (χ2v) is 9.74. The summed E-state index contributed by atoms with van der Waals surface area (Å²) in [6.07, 6.45) is 6.14. The largest absolute Gasteiger partial charge is 0.453 e. The maximum Gasteiger partial charge on any atom is 0.323 e. The molecule has 190 valence electrons. The lowest BCUT2D eigenvalue weighted by Crippen LogP contribution is -2.29. The second-order valence-electron chi connectivity index (χ2n) is 8.68. The first-order valence-electron chi connectivity index (χ1n) is 11.8. The number of urea groups is 1. The summed E-state index contributed by atoms with van der Waals surface area (Å²) in [6.45, 7) is 3.41. The minimum Gasteiger partial charge on any atom is -0.453 e. The van der Waals surface area contributed by atoms with Crippen LogP contribution < -0.4 is 20.7 Å². The van der Waals surface area contributed by atoms with Crippen LogP contribution >= 0.6 is 11.3 Å². The monoisotopic (exact) mass is 519 g/mol. The van der Waals surface area contributed by atoms with E-state index >= 15 is 0 Å². The first kappa shape index (κ1) is 24.8. The second kappa shape index (κ2) is 11.0. The predicted octanol–water partition coefficient (Wildman–Crippen LogP) is 5.82. The van der Waals surface area contributed by atoms with E-state index in [0.717, 1.165) is 38.5 Å². The Balaban J connectivity index is 1.29. The molecule has 0 saturated carbocycles. The standard InChI is InChI=1S/C27H26FN5O3S/c1-16(15-35-2)30-13-17-3-7-21(31-14-17)25-12-22-26(37-25)24(9-10-29-22)36-23-8-6-19(11-20(23)28)33-27(34)32-18-4-5-18/h3-4,6-12,14,16,30H,5,13,15H2,1-2H3,(H2,32,33,34). The Morgan fingerprint density at radius 3 is 2.73 bits per heavy atom. The Hall–Kier alpha value is -3.86. The Morgan fingerprint density at radius 1 is 1.14 bits per heavy atom. The number of fused-ring (bicyclic) bond motifs is 1. The Kier molecular flexibility index (Phi) is 7.40. The van der Waals surface area contributed by atoms with Gasteiger partial charge in [-0.05, 0) is 36.8 Å². The van der Waals surface area contributed by atoms with Gasteiger partial charge >= 0.3 is 6.03 Å². The molecule has 1 aliphatic carbocycles. The van der Waals surface area contributed by atoms with Crippen molar-refractivity contribution >= 4 is 33.3 Å². The molecule has 1 aromatic carbocycles. The van der Waals surface area contributed by atoms with Crippen molar-refractivity contribution in [1.82, 2.24) is 20.6 Å². The number of pyridine rings is 2. The number of benzene rings is 1. The predicted molar refractivity (Wildman–Crippen MR) is 142 cm³/mol. The van der Waals surface area contributed by atoms with Crippen LogP contribution in [0, 0.1) is 5.82 Å². The fraction of sp³-hybridized carbons (Fsp3) is 0.222. The number of methoxy groups -OCH3 is 1. The van der Waals surface area contributed by atoms with Crippen LogP contribution in [-0.4, -0.2) is 35.8 Å². The third-order valence-corrected chi connectivity index (χ3v) is 6.78. The maximum absolute atomic E-state index is 14.8. The molecule has 1 unspecified atom stereocenters. The molecule has 3 aromatic heterocycles. The molecule has 3 heterocycles. The van der Waals surface area contributed by atoms with Gasteiger partial charge in [-0.2, -0.15) is 0 Å². The van der Waals surface area contributed by atoms with Crippen LogP contribution in [0.1, 0.15) is 18.9 Å². The van der Waals surface area contributed by atoms with Crippen molar-refractivity contribution < 1.29 is 18.7 Å². The number of amides is 2. The quantitative estimate of drug-likeness (QED) is 0.244. The average Bonchev–Trinajstić information content (AvgIpc) is 3.58. The highest BCUT2D eigenvalue weighted by Gasteiger charge is 2.15. The van der Waals surface area contributed by atoms with Crippen molar-refractivity contribution in [2.75, 3.05) is 19.0 Å². The zero-order valence-corrected chi connectivity index (χ0v) is 21.2. The van der Waals surface area contributed by atoms with E-state index < -0.39 is 11.8 Å². The lowest BCUT2D eigenvalue weighted by atomic mass is 10.2. The zero-order chi connectivity index (χ0) is 25.8. The number of aromatic nitrogens is 2. The van der Waals surface area contributed by atoms with Crippen molar-refractivity contribution in [1.29, 1.82) is 0 Å². The number of anilines is 1. The number of thiophene rings is 1. The van der Waals surface area contributed by atoms with Gasteiger partial charge in [0.05, 0.1) is 27.4 Å². The van der Waals surface area contributed by atoms with Crippen molar-refractivity contribution in [3.8, 4) is 22.1 Å². The van der Waals surface area contributed by atoms with Gasteiger partial charge < -0.3 is 25.4 Å². The summed E-state index contributed by atoms with van der Waals surface area (Å²) in [5, 5.41) is 8.67. The minimum absolute atomic E-state index is 0.0518. The lowest BCUT2D eigenvalue weighted by Gasteiger charge is -2.12. The summed E-state index contributed by atoms with van der Waals surface area (Å²) in [4.78, 5) is 21.9. The van der Waals surface area contributed by atoms with E-state index in [2.05, 4.69) is 32.8 Å². The fourth-order valence-corrected chi connectivity index (χ4v) is 4.68. The van der Waals surface area contributed by atoms with Crippen LogP contribution in [0.5, 0.6) is 11.5 Å². The number of carbonyl (C=O) groups is 1. The molecule has 0 aliphatic heterocycles. The van der Waals surface area contributed by atoms with Gasteiger partial charge in [-0.25, -0.2) is 9.18 Å². The summed E-state index contributed by atoms with van der Waals surface area (Å²) >= 11 is 1.48. The Morgan fingerprint density at radius 2 is 2.00 bits per heavy atom. The third-order valence-electron chi connectivity index (χ3n) is 5.62. The number of rotatable bonds is 10. The number of halogens is 1. The number of hydrogen-bond acceptors (Lipinski definition) is 7. The highest BCUT2D eigenvalue weighted by Crippen LogP contribution is 2.39. The van der Waals surface area contributed by atoms with Crippen molar-refractivity contribution in [3.63, 3.8) is 0 Å². The van der Waals surface area contributed by atoms with Gasteiger partial charge in [0.1, 0.15) is 5.75 Å². The molecule has 8 nitrogen and oxygen atoms in total. The summed E-state index contributed by atoms with van der Waals surface area (Å²) in [7, 11) is 1.69. The van der Waals surface area contributed by atoms with E-state index in [1.54, 1.807) is 25.4 Å². The van der Waals surface area contributed by atoms with Gasteiger partial charge in [-0.3, -0.25) is 9.97 Å². The van der Waals surface area contributed by atoms with Gasteiger partial charge in [0.2, 0.25) is 0 Å². The maximum atomic E-state index is 14.8. The first-order valence-corrected chi connectivity index (χ1v) is 12.6. The van der Waals surface area contributed by atoms with Crippen LogP contribution in [-0.2, 0) is 11.3 Å². The number of hydrogen-bond donors (Lipinski definition) is 3. The number of nitrogens with zero attached hydrogens (tertiary/aromatic N) is 2. The molecule has 4 aromatic rings. The van der Waals surface area contributed by atoms with Crippen molar-refractivity contribution in [3.05, 3.63) is 78.0 Å². The van der Waals surface area contributed by atoms with Gasteiger partial charge in [0, 0.05) is 62.0 Å².